The van der Waals surface area contributed by atoms with E-state index in [1.165, 1.54) is 18.2 Å². The molecule has 122 valence electrons. The van der Waals surface area contributed by atoms with Crippen LogP contribution in [0.5, 0.6) is 0 Å². The number of anilines is 1. The van der Waals surface area contributed by atoms with Gasteiger partial charge in [0.25, 0.3) is 5.91 Å². The predicted octanol–water partition coefficient (Wildman–Crippen LogP) is 5.13. The SMILES string of the molecule is O=C(N[C@H](Nc1ccccc1F)C(Cl)(Cl)Cl)c1ccc(Br)cc1. The third kappa shape index (κ3) is 5.24. The molecule has 2 aromatic carbocycles. The lowest BCUT2D eigenvalue weighted by molar-refractivity contribution is 0.0941. The number of halogens is 5. The molecule has 0 aliphatic rings. The maximum atomic E-state index is 13.7. The minimum Gasteiger partial charge on any atom is -0.359 e. The van der Waals surface area contributed by atoms with Gasteiger partial charge in [-0.25, -0.2) is 4.39 Å². The third-order valence-electron chi connectivity index (χ3n) is 2.88. The second-order valence-corrected chi connectivity index (χ2v) is 7.86. The van der Waals surface area contributed by atoms with Gasteiger partial charge in [-0.3, -0.25) is 4.79 Å². The smallest absolute Gasteiger partial charge is 0.252 e. The van der Waals surface area contributed by atoms with Gasteiger partial charge in [-0.05, 0) is 36.4 Å². The number of carbonyl (C=O) groups is 1. The average Bonchev–Trinajstić information content (AvgIpc) is 2.48. The van der Waals surface area contributed by atoms with Gasteiger partial charge >= 0.3 is 0 Å². The first-order chi connectivity index (χ1) is 10.8. The van der Waals surface area contributed by atoms with Crippen molar-refractivity contribution in [3.05, 3.63) is 64.4 Å². The average molecular weight is 441 g/mol. The van der Waals surface area contributed by atoms with Gasteiger partial charge in [-0.1, -0.05) is 62.9 Å². The molecular formula is C15H11BrCl3FN2O. The molecule has 0 aliphatic carbocycles. The zero-order chi connectivity index (χ0) is 17.0. The minimum atomic E-state index is -1.88. The number of amides is 1. The van der Waals surface area contributed by atoms with Gasteiger partial charge in [0, 0.05) is 10.0 Å². The molecule has 8 heteroatoms. The third-order valence-corrected chi connectivity index (χ3v) is 4.07. The summed E-state index contributed by atoms with van der Waals surface area (Å²) < 4.78 is 12.7. The van der Waals surface area contributed by atoms with E-state index in [-0.39, 0.29) is 5.69 Å². The van der Waals surface area contributed by atoms with Crippen LogP contribution >= 0.6 is 50.7 Å². The number of carbonyl (C=O) groups excluding carboxylic acids is 1. The summed E-state index contributed by atoms with van der Waals surface area (Å²) in [5.41, 5.74) is 0.489. The quantitative estimate of drug-likeness (QED) is 0.511. The van der Waals surface area contributed by atoms with E-state index in [1.807, 2.05) is 0 Å². The van der Waals surface area contributed by atoms with Gasteiger partial charge in [0.2, 0.25) is 3.79 Å². The molecule has 2 aromatic rings. The van der Waals surface area contributed by atoms with Crippen molar-refractivity contribution in [3.8, 4) is 0 Å². The summed E-state index contributed by atoms with van der Waals surface area (Å²) >= 11 is 20.9. The molecule has 0 saturated carbocycles. The van der Waals surface area contributed by atoms with E-state index >= 15 is 0 Å². The molecule has 2 rings (SSSR count). The molecule has 2 N–H and O–H groups in total. The highest BCUT2D eigenvalue weighted by molar-refractivity contribution is 9.10. The van der Waals surface area contributed by atoms with Gasteiger partial charge < -0.3 is 10.6 Å². The maximum Gasteiger partial charge on any atom is 0.252 e. The summed E-state index contributed by atoms with van der Waals surface area (Å²) in [7, 11) is 0. The summed E-state index contributed by atoms with van der Waals surface area (Å²) in [4.78, 5) is 12.3. The summed E-state index contributed by atoms with van der Waals surface area (Å²) in [6, 6.07) is 12.5. The van der Waals surface area contributed by atoms with Crippen LogP contribution in [0.15, 0.2) is 53.0 Å². The van der Waals surface area contributed by atoms with Crippen LogP contribution in [0.3, 0.4) is 0 Å². The molecule has 0 radical (unpaired) electrons. The van der Waals surface area contributed by atoms with Crippen LogP contribution in [0.4, 0.5) is 10.1 Å². The van der Waals surface area contributed by atoms with E-state index in [0.717, 1.165) is 4.47 Å². The summed E-state index contributed by atoms with van der Waals surface area (Å²) in [6.07, 6.45) is -1.12. The summed E-state index contributed by atoms with van der Waals surface area (Å²) in [5.74, 6) is -0.984. The number of nitrogens with one attached hydrogen (secondary N) is 2. The Bertz CT molecular complexity index is 692. The lowest BCUT2D eigenvalue weighted by atomic mass is 10.2. The molecule has 0 saturated heterocycles. The maximum absolute atomic E-state index is 13.7. The van der Waals surface area contributed by atoms with E-state index in [2.05, 4.69) is 26.6 Å². The van der Waals surface area contributed by atoms with Crippen molar-refractivity contribution in [2.45, 2.75) is 9.96 Å². The van der Waals surface area contributed by atoms with Gasteiger partial charge in [-0.15, -0.1) is 0 Å². The normalized spacial score (nSPS) is 12.6. The molecule has 0 fully saturated rings. The van der Waals surface area contributed by atoms with E-state index in [1.54, 1.807) is 30.3 Å². The van der Waals surface area contributed by atoms with Crippen LogP contribution in [0.25, 0.3) is 0 Å². The molecule has 0 bridgehead atoms. The Morgan fingerprint density at radius 1 is 1.09 bits per heavy atom. The van der Waals surface area contributed by atoms with E-state index < -0.39 is 21.7 Å². The fraction of sp³-hybridized carbons (Fsp3) is 0.133. The summed E-state index contributed by atoms with van der Waals surface area (Å²) in [6.45, 7) is 0. The van der Waals surface area contributed by atoms with Crippen LogP contribution in [-0.2, 0) is 0 Å². The Morgan fingerprint density at radius 2 is 1.70 bits per heavy atom. The predicted molar refractivity (Wildman–Crippen MR) is 95.7 cm³/mol. The van der Waals surface area contributed by atoms with Gasteiger partial charge in [0.15, 0.2) is 0 Å². The van der Waals surface area contributed by atoms with Gasteiger partial charge in [0.05, 0.1) is 5.69 Å². The van der Waals surface area contributed by atoms with Crippen molar-refractivity contribution in [1.29, 1.82) is 0 Å². The number of para-hydroxylation sites is 1. The van der Waals surface area contributed by atoms with Crippen molar-refractivity contribution in [2.24, 2.45) is 0 Å². The highest BCUT2D eigenvalue weighted by Crippen LogP contribution is 2.31. The highest BCUT2D eigenvalue weighted by atomic mass is 79.9. The number of hydrogen-bond donors (Lipinski definition) is 2. The van der Waals surface area contributed by atoms with Crippen molar-refractivity contribution >= 4 is 62.3 Å². The zero-order valence-corrected chi connectivity index (χ0v) is 15.3. The Balaban J connectivity index is 2.18. The molecule has 0 aromatic heterocycles. The van der Waals surface area contributed by atoms with Crippen LogP contribution in [0, 0.1) is 5.82 Å². The summed E-state index contributed by atoms with van der Waals surface area (Å²) in [5, 5.41) is 5.23. The zero-order valence-electron chi connectivity index (χ0n) is 11.5. The first-order valence-corrected chi connectivity index (χ1v) is 8.34. The molecule has 0 aliphatic heterocycles. The standard InChI is InChI=1S/C15H11BrCl3FN2O/c16-10-7-5-9(6-8-10)13(23)22-14(15(17,18)19)21-12-4-2-1-3-11(12)20/h1-8,14,21H,(H,22,23)/t14-/m0/s1. The van der Waals surface area contributed by atoms with Crippen LogP contribution in [-0.4, -0.2) is 15.9 Å². The van der Waals surface area contributed by atoms with E-state index in [4.69, 9.17) is 34.8 Å². The van der Waals surface area contributed by atoms with E-state index in [0.29, 0.717) is 5.56 Å². The lowest BCUT2D eigenvalue weighted by Gasteiger charge is -2.27. The molecule has 23 heavy (non-hydrogen) atoms. The Labute approximate surface area is 156 Å². The number of rotatable bonds is 4. The van der Waals surface area contributed by atoms with E-state index in [9.17, 15) is 9.18 Å². The number of benzene rings is 2. The van der Waals surface area contributed by atoms with Crippen molar-refractivity contribution in [3.63, 3.8) is 0 Å². The Kier molecular flexibility index (Phi) is 6.14. The second-order valence-electron chi connectivity index (χ2n) is 4.58. The lowest BCUT2D eigenvalue weighted by Crippen LogP contribution is -2.49. The second kappa shape index (κ2) is 7.71. The fourth-order valence-corrected chi connectivity index (χ4v) is 2.34. The number of hydrogen-bond acceptors (Lipinski definition) is 2. The first-order valence-electron chi connectivity index (χ1n) is 6.41. The van der Waals surface area contributed by atoms with Crippen molar-refractivity contribution < 1.29 is 9.18 Å². The Morgan fingerprint density at radius 3 is 2.26 bits per heavy atom. The van der Waals surface area contributed by atoms with Crippen molar-refractivity contribution in [2.75, 3.05) is 5.32 Å². The molecule has 1 atom stereocenters. The van der Waals surface area contributed by atoms with Crippen molar-refractivity contribution in [1.82, 2.24) is 5.32 Å². The highest BCUT2D eigenvalue weighted by Gasteiger charge is 2.34. The monoisotopic (exact) mass is 438 g/mol. The molecule has 3 nitrogen and oxygen atoms in total. The van der Waals surface area contributed by atoms with Crippen LogP contribution < -0.4 is 10.6 Å². The molecule has 0 unspecified atom stereocenters. The van der Waals surface area contributed by atoms with Gasteiger partial charge in [-0.2, -0.15) is 0 Å². The first kappa shape index (κ1) is 18.3. The topological polar surface area (TPSA) is 41.1 Å². The largest absolute Gasteiger partial charge is 0.359 e. The van der Waals surface area contributed by atoms with Gasteiger partial charge in [0.1, 0.15) is 12.0 Å². The molecule has 0 spiro atoms. The molecular weight excluding hydrogens is 429 g/mol. The number of alkyl halides is 3. The minimum absolute atomic E-state index is 0.111. The fourth-order valence-electron chi connectivity index (χ4n) is 1.75. The molecule has 1 amide bonds. The molecule has 0 heterocycles. The Hall–Kier alpha value is -1.01. The van der Waals surface area contributed by atoms with Crippen LogP contribution in [0.1, 0.15) is 10.4 Å². The van der Waals surface area contributed by atoms with Crippen LogP contribution in [0.2, 0.25) is 0 Å².